The summed E-state index contributed by atoms with van der Waals surface area (Å²) in [4.78, 5) is 29.0. The molecule has 2 aromatic carbocycles. The number of rotatable bonds is 5. The number of aromatic amines is 1. The van der Waals surface area contributed by atoms with Crippen molar-refractivity contribution in [2.75, 3.05) is 13.1 Å². The fourth-order valence-corrected chi connectivity index (χ4v) is 3.60. The van der Waals surface area contributed by atoms with Gasteiger partial charge in [0.1, 0.15) is 6.04 Å². The lowest BCUT2D eigenvalue weighted by molar-refractivity contribution is -0.124. The maximum atomic E-state index is 13.0. The van der Waals surface area contributed by atoms with Gasteiger partial charge in [-0.3, -0.25) is 9.59 Å². The van der Waals surface area contributed by atoms with Gasteiger partial charge in [0.25, 0.3) is 5.91 Å². The third-order valence-corrected chi connectivity index (χ3v) is 5.17. The largest absolute Gasteiger partial charge is 0.361 e. The van der Waals surface area contributed by atoms with E-state index >= 15 is 0 Å². The van der Waals surface area contributed by atoms with Gasteiger partial charge in [-0.2, -0.15) is 0 Å². The van der Waals surface area contributed by atoms with Gasteiger partial charge in [0.05, 0.1) is 0 Å². The summed E-state index contributed by atoms with van der Waals surface area (Å²) in [5, 5.41) is 10.3. The van der Waals surface area contributed by atoms with Crippen LogP contribution < -0.4 is 16.0 Å². The molecule has 1 aliphatic heterocycles. The lowest BCUT2D eigenvalue weighted by Crippen LogP contribution is -2.47. The molecule has 0 aliphatic carbocycles. The SMILES string of the molecule is O=C(N[C@@H](C(=O)NC1CCNCC1)c1ccccc1)c1ccc2cc[nH]c2c1. The highest BCUT2D eigenvalue weighted by molar-refractivity contribution is 6.00. The Balaban J connectivity index is 1.54. The molecule has 4 N–H and O–H groups in total. The molecule has 0 bridgehead atoms. The number of amides is 2. The summed E-state index contributed by atoms with van der Waals surface area (Å²) in [6.07, 6.45) is 3.63. The van der Waals surface area contributed by atoms with Crippen molar-refractivity contribution in [2.24, 2.45) is 0 Å². The summed E-state index contributed by atoms with van der Waals surface area (Å²) in [5.74, 6) is -0.446. The third-order valence-electron chi connectivity index (χ3n) is 5.17. The number of hydrogen-bond acceptors (Lipinski definition) is 3. The molecule has 3 aromatic rings. The molecule has 0 unspecified atom stereocenters. The highest BCUT2D eigenvalue weighted by Gasteiger charge is 2.26. The van der Waals surface area contributed by atoms with Crippen molar-refractivity contribution in [3.8, 4) is 0 Å². The van der Waals surface area contributed by atoms with E-state index in [0.717, 1.165) is 42.4 Å². The van der Waals surface area contributed by atoms with Crippen LogP contribution in [0, 0.1) is 0 Å². The van der Waals surface area contributed by atoms with E-state index in [9.17, 15) is 9.59 Å². The van der Waals surface area contributed by atoms with Gasteiger partial charge in [0.15, 0.2) is 0 Å². The van der Waals surface area contributed by atoms with E-state index in [1.165, 1.54) is 0 Å². The first-order valence-electron chi connectivity index (χ1n) is 9.65. The maximum Gasteiger partial charge on any atom is 0.252 e. The molecule has 2 amide bonds. The molecule has 0 saturated carbocycles. The van der Waals surface area contributed by atoms with E-state index in [1.54, 1.807) is 12.1 Å². The first-order valence-corrected chi connectivity index (χ1v) is 9.65. The summed E-state index contributed by atoms with van der Waals surface area (Å²) in [5.41, 5.74) is 2.18. The van der Waals surface area contributed by atoms with Gasteiger partial charge >= 0.3 is 0 Å². The van der Waals surface area contributed by atoms with Crippen LogP contribution in [0.4, 0.5) is 0 Å². The second-order valence-electron chi connectivity index (χ2n) is 7.13. The second kappa shape index (κ2) is 8.27. The predicted molar refractivity (Wildman–Crippen MR) is 109 cm³/mol. The van der Waals surface area contributed by atoms with Crippen molar-refractivity contribution in [3.63, 3.8) is 0 Å². The highest BCUT2D eigenvalue weighted by Crippen LogP contribution is 2.18. The Labute approximate surface area is 163 Å². The van der Waals surface area contributed by atoms with Gasteiger partial charge < -0.3 is 20.9 Å². The molecule has 6 nitrogen and oxygen atoms in total. The molecule has 1 aliphatic rings. The number of aromatic nitrogens is 1. The van der Waals surface area contributed by atoms with Crippen molar-refractivity contribution < 1.29 is 9.59 Å². The van der Waals surface area contributed by atoms with Gasteiger partial charge in [0.2, 0.25) is 5.91 Å². The van der Waals surface area contributed by atoms with E-state index in [2.05, 4.69) is 20.9 Å². The van der Waals surface area contributed by atoms with Crippen LogP contribution in [0.25, 0.3) is 10.9 Å². The summed E-state index contributed by atoms with van der Waals surface area (Å²) >= 11 is 0. The molecule has 1 aromatic heterocycles. The number of carbonyl (C=O) groups is 2. The highest BCUT2D eigenvalue weighted by atomic mass is 16.2. The molecule has 1 atom stereocenters. The monoisotopic (exact) mass is 376 g/mol. The Morgan fingerprint density at radius 3 is 2.57 bits per heavy atom. The van der Waals surface area contributed by atoms with Crippen LogP contribution in [0.5, 0.6) is 0 Å². The van der Waals surface area contributed by atoms with Crippen molar-refractivity contribution in [1.29, 1.82) is 0 Å². The number of carbonyl (C=O) groups excluding carboxylic acids is 2. The topological polar surface area (TPSA) is 86.0 Å². The predicted octanol–water partition coefficient (Wildman–Crippen LogP) is 2.51. The minimum atomic E-state index is -0.733. The van der Waals surface area contributed by atoms with Crippen molar-refractivity contribution in [3.05, 3.63) is 71.9 Å². The van der Waals surface area contributed by atoms with Crippen molar-refractivity contribution in [1.82, 2.24) is 20.9 Å². The fourth-order valence-electron chi connectivity index (χ4n) is 3.60. The van der Waals surface area contributed by atoms with Crippen LogP contribution in [-0.4, -0.2) is 35.9 Å². The number of hydrogen-bond donors (Lipinski definition) is 4. The van der Waals surface area contributed by atoms with E-state index in [1.807, 2.05) is 48.7 Å². The van der Waals surface area contributed by atoms with E-state index in [4.69, 9.17) is 0 Å². The number of H-pyrrole nitrogens is 1. The third kappa shape index (κ3) is 4.07. The molecule has 144 valence electrons. The zero-order valence-electron chi connectivity index (χ0n) is 15.6. The molecule has 28 heavy (non-hydrogen) atoms. The molecule has 6 heteroatoms. The smallest absolute Gasteiger partial charge is 0.252 e. The summed E-state index contributed by atoms with van der Waals surface area (Å²) in [6, 6.07) is 16.2. The lowest BCUT2D eigenvalue weighted by atomic mass is 10.0. The zero-order chi connectivity index (χ0) is 19.3. The van der Waals surface area contributed by atoms with E-state index in [0.29, 0.717) is 5.56 Å². The molecular weight excluding hydrogens is 352 g/mol. The Hall–Kier alpha value is -3.12. The molecule has 1 fully saturated rings. The average Bonchev–Trinajstić information content (AvgIpc) is 3.21. The minimum absolute atomic E-state index is 0.132. The number of fused-ring (bicyclic) bond motifs is 1. The summed E-state index contributed by atoms with van der Waals surface area (Å²) in [6.45, 7) is 1.78. The van der Waals surface area contributed by atoms with Gasteiger partial charge in [-0.25, -0.2) is 0 Å². The molecule has 2 heterocycles. The summed E-state index contributed by atoms with van der Waals surface area (Å²) < 4.78 is 0. The molecule has 4 rings (SSSR count). The Kier molecular flexibility index (Phi) is 5.39. The van der Waals surface area contributed by atoms with Crippen molar-refractivity contribution in [2.45, 2.75) is 24.9 Å². The molecule has 1 saturated heterocycles. The van der Waals surface area contributed by atoms with Crippen LogP contribution in [0.3, 0.4) is 0 Å². The lowest BCUT2D eigenvalue weighted by Gasteiger charge is -2.26. The number of nitrogens with one attached hydrogen (secondary N) is 4. The zero-order valence-corrected chi connectivity index (χ0v) is 15.6. The Morgan fingerprint density at radius 1 is 1.00 bits per heavy atom. The van der Waals surface area contributed by atoms with Crippen LogP contribution in [-0.2, 0) is 4.79 Å². The number of benzene rings is 2. The standard InChI is InChI=1S/C22H24N4O2/c27-21(17-7-6-15-8-13-24-19(15)14-17)26-20(16-4-2-1-3-5-16)22(28)25-18-9-11-23-12-10-18/h1-8,13-14,18,20,23-24H,9-12H2,(H,25,28)(H,26,27)/t20-/m1/s1. The average molecular weight is 376 g/mol. The normalized spacial score (nSPS) is 15.9. The maximum absolute atomic E-state index is 13.0. The Bertz CT molecular complexity index is 961. The van der Waals surface area contributed by atoms with Crippen LogP contribution >= 0.6 is 0 Å². The van der Waals surface area contributed by atoms with Gasteiger partial charge in [-0.05, 0) is 55.1 Å². The first-order chi connectivity index (χ1) is 13.7. The van der Waals surface area contributed by atoms with Crippen molar-refractivity contribution >= 4 is 22.7 Å². The quantitative estimate of drug-likeness (QED) is 0.552. The van der Waals surface area contributed by atoms with Gasteiger partial charge in [-0.15, -0.1) is 0 Å². The van der Waals surface area contributed by atoms with E-state index in [-0.39, 0.29) is 17.9 Å². The minimum Gasteiger partial charge on any atom is -0.361 e. The molecular formula is C22H24N4O2. The van der Waals surface area contributed by atoms with Crippen LogP contribution in [0.1, 0.15) is 34.8 Å². The second-order valence-corrected chi connectivity index (χ2v) is 7.13. The number of piperidine rings is 1. The van der Waals surface area contributed by atoms with Crippen LogP contribution in [0.15, 0.2) is 60.8 Å². The summed E-state index contributed by atoms with van der Waals surface area (Å²) in [7, 11) is 0. The van der Waals surface area contributed by atoms with Gasteiger partial charge in [0, 0.05) is 23.3 Å². The van der Waals surface area contributed by atoms with Crippen LogP contribution in [0.2, 0.25) is 0 Å². The fraction of sp³-hybridized carbons (Fsp3) is 0.273. The Morgan fingerprint density at radius 2 is 1.79 bits per heavy atom. The first kappa shape index (κ1) is 18.3. The van der Waals surface area contributed by atoms with Gasteiger partial charge in [-0.1, -0.05) is 36.4 Å². The molecule has 0 radical (unpaired) electrons. The van der Waals surface area contributed by atoms with E-state index < -0.39 is 6.04 Å². The molecule has 0 spiro atoms.